The lowest BCUT2D eigenvalue weighted by atomic mass is 10.1. The zero-order chi connectivity index (χ0) is 21.4. The van der Waals surface area contributed by atoms with Crippen LogP contribution in [0.4, 0.5) is 5.69 Å². The summed E-state index contributed by atoms with van der Waals surface area (Å²) in [6.45, 7) is 3.82. The lowest BCUT2D eigenvalue weighted by Gasteiger charge is -2.17. The van der Waals surface area contributed by atoms with Crippen molar-refractivity contribution in [2.75, 3.05) is 4.90 Å². The van der Waals surface area contributed by atoms with E-state index >= 15 is 0 Å². The quantitative estimate of drug-likeness (QED) is 0.435. The minimum Gasteiger partial charge on any atom is -0.457 e. The van der Waals surface area contributed by atoms with Crippen LogP contribution in [0.25, 0.3) is 0 Å². The summed E-state index contributed by atoms with van der Waals surface area (Å²) in [5.74, 6) is -1.42. The first kappa shape index (κ1) is 19.9. The number of carbonyl (C=O) groups is 3. The van der Waals surface area contributed by atoms with Crippen LogP contribution in [-0.2, 0) is 11.3 Å². The van der Waals surface area contributed by atoms with Crippen LogP contribution < -0.4 is 4.90 Å². The van der Waals surface area contributed by atoms with Gasteiger partial charge in [-0.3, -0.25) is 9.59 Å². The fraction of sp³-hybridized carbons (Fsp3) is 0.125. The SMILES string of the molecule is Cc1ccc(C)c(N2C(=O)c3ccc(C(=O)OCc4ccc(Cl)cc4)cc3C2=O)c1. The summed E-state index contributed by atoms with van der Waals surface area (Å²) in [6, 6.07) is 17.0. The van der Waals surface area contributed by atoms with Gasteiger partial charge in [-0.25, -0.2) is 9.69 Å². The Morgan fingerprint density at radius 1 is 0.900 bits per heavy atom. The molecule has 6 heteroatoms. The molecule has 0 atom stereocenters. The number of rotatable bonds is 4. The van der Waals surface area contributed by atoms with Crippen molar-refractivity contribution in [3.05, 3.63) is 99.1 Å². The molecule has 0 spiro atoms. The molecule has 0 radical (unpaired) electrons. The number of aryl methyl sites for hydroxylation is 2. The Morgan fingerprint density at radius 2 is 1.60 bits per heavy atom. The number of amides is 2. The van der Waals surface area contributed by atoms with Gasteiger partial charge in [0.05, 0.1) is 22.4 Å². The van der Waals surface area contributed by atoms with Gasteiger partial charge in [0.1, 0.15) is 6.61 Å². The Bertz CT molecular complexity index is 1180. The van der Waals surface area contributed by atoms with Crippen LogP contribution in [0.15, 0.2) is 60.7 Å². The van der Waals surface area contributed by atoms with Gasteiger partial charge in [-0.1, -0.05) is 35.9 Å². The molecule has 5 nitrogen and oxygen atoms in total. The molecule has 4 rings (SSSR count). The lowest BCUT2D eigenvalue weighted by Crippen LogP contribution is -2.30. The molecule has 0 saturated heterocycles. The van der Waals surface area contributed by atoms with E-state index in [2.05, 4.69) is 0 Å². The number of nitrogens with zero attached hydrogens (tertiary/aromatic N) is 1. The van der Waals surface area contributed by atoms with Crippen molar-refractivity contribution >= 4 is 35.1 Å². The van der Waals surface area contributed by atoms with E-state index in [-0.39, 0.29) is 23.3 Å². The molecule has 1 aliphatic rings. The average molecular weight is 420 g/mol. The van der Waals surface area contributed by atoms with Crippen LogP contribution in [-0.4, -0.2) is 17.8 Å². The van der Waals surface area contributed by atoms with Gasteiger partial charge in [-0.15, -0.1) is 0 Å². The standard InChI is InChI=1S/C24H18ClNO4/c1-14-3-4-15(2)21(11-14)26-22(27)19-10-7-17(12-20(19)23(26)28)24(29)30-13-16-5-8-18(25)9-6-16/h3-12H,13H2,1-2H3. The van der Waals surface area contributed by atoms with Crippen molar-refractivity contribution in [2.45, 2.75) is 20.5 Å². The van der Waals surface area contributed by atoms with Gasteiger partial charge in [0, 0.05) is 5.02 Å². The van der Waals surface area contributed by atoms with Crippen molar-refractivity contribution < 1.29 is 19.1 Å². The predicted molar refractivity (Wildman–Crippen MR) is 114 cm³/mol. The third-order valence-electron chi connectivity index (χ3n) is 5.01. The average Bonchev–Trinajstić information content (AvgIpc) is 2.99. The second-order valence-corrected chi connectivity index (χ2v) is 7.64. The second-order valence-electron chi connectivity index (χ2n) is 7.20. The zero-order valence-electron chi connectivity index (χ0n) is 16.4. The summed E-state index contributed by atoms with van der Waals surface area (Å²) in [5.41, 5.74) is 3.79. The smallest absolute Gasteiger partial charge is 0.338 e. The maximum absolute atomic E-state index is 13.0. The Balaban J connectivity index is 1.57. The van der Waals surface area contributed by atoms with Gasteiger partial charge < -0.3 is 4.74 Å². The topological polar surface area (TPSA) is 63.7 Å². The number of anilines is 1. The highest BCUT2D eigenvalue weighted by molar-refractivity contribution is 6.35. The van der Waals surface area contributed by atoms with Gasteiger partial charge >= 0.3 is 5.97 Å². The van der Waals surface area contributed by atoms with E-state index < -0.39 is 17.8 Å². The van der Waals surface area contributed by atoms with Gasteiger partial charge in [-0.2, -0.15) is 0 Å². The highest BCUT2D eigenvalue weighted by atomic mass is 35.5. The Morgan fingerprint density at radius 3 is 2.33 bits per heavy atom. The van der Waals surface area contributed by atoms with Crippen LogP contribution in [0.3, 0.4) is 0 Å². The number of esters is 1. The molecule has 0 saturated carbocycles. The molecule has 30 heavy (non-hydrogen) atoms. The summed E-state index contributed by atoms with van der Waals surface area (Å²) < 4.78 is 5.33. The van der Waals surface area contributed by atoms with E-state index in [1.165, 1.54) is 18.2 Å². The molecule has 1 aliphatic heterocycles. The van der Waals surface area contributed by atoms with Crippen LogP contribution in [0.1, 0.15) is 47.8 Å². The van der Waals surface area contributed by atoms with Crippen molar-refractivity contribution in [3.8, 4) is 0 Å². The highest BCUT2D eigenvalue weighted by Gasteiger charge is 2.38. The van der Waals surface area contributed by atoms with Crippen LogP contribution in [0.5, 0.6) is 0 Å². The van der Waals surface area contributed by atoms with Crippen LogP contribution in [0.2, 0.25) is 5.02 Å². The van der Waals surface area contributed by atoms with E-state index in [0.29, 0.717) is 10.7 Å². The number of halogens is 1. The van der Waals surface area contributed by atoms with E-state index in [1.54, 1.807) is 30.3 Å². The maximum Gasteiger partial charge on any atom is 0.338 e. The second kappa shape index (κ2) is 7.76. The van der Waals surface area contributed by atoms with Gasteiger partial charge in [0.2, 0.25) is 0 Å². The fourth-order valence-electron chi connectivity index (χ4n) is 3.36. The van der Waals surface area contributed by atoms with Gasteiger partial charge in [0.15, 0.2) is 0 Å². The monoisotopic (exact) mass is 419 g/mol. The normalized spacial score (nSPS) is 12.8. The molecular weight excluding hydrogens is 402 g/mol. The molecule has 2 amide bonds. The molecule has 3 aromatic rings. The fourth-order valence-corrected chi connectivity index (χ4v) is 3.49. The first-order chi connectivity index (χ1) is 14.3. The summed E-state index contributed by atoms with van der Waals surface area (Å²) in [5, 5.41) is 0.597. The Labute approximate surface area is 178 Å². The Hall–Kier alpha value is -3.44. The number of benzene rings is 3. The van der Waals surface area contributed by atoms with E-state index in [1.807, 2.05) is 26.0 Å². The van der Waals surface area contributed by atoms with Crippen LogP contribution in [0, 0.1) is 13.8 Å². The summed E-state index contributed by atoms with van der Waals surface area (Å²) in [6.07, 6.45) is 0. The molecule has 1 heterocycles. The number of hydrogen-bond donors (Lipinski definition) is 0. The number of carbonyl (C=O) groups excluding carboxylic acids is 3. The van der Waals surface area contributed by atoms with Gasteiger partial charge in [0.25, 0.3) is 11.8 Å². The van der Waals surface area contributed by atoms with E-state index in [0.717, 1.165) is 21.6 Å². The number of imide groups is 1. The van der Waals surface area contributed by atoms with Crippen molar-refractivity contribution in [3.63, 3.8) is 0 Å². The number of hydrogen-bond acceptors (Lipinski definition) is 4. The van der Waals surface area contributed by atoms with Crippen LogP contribution >= 0.6 is 11.6 Å². The van der Waals surface area contributed by atoms with E-state index in [4.69, 9.17) is 16.3 Å². The highest BCUT2D eigenvalue weighted by Crippen LogP contribution is 2.32. The third kappa shape index (κ3) is 3.60. The zero-order valence-corrected chi connectivity index (χ0v) is 17.2. The molecule has 0 aliphatic carbocycles. The molecule has 0 N–H and O–H groups in total. The van der Waals surface area contributed by atoms with E-state index in [9.17, 15) is 14.4 Å². The number of ether oxygens (including phenoxy) is 1. The predicted octanol–water partition coefficient (Wildman–Crippen LogP) is 5.11. The minimum atomic E-state index is -0.571. The summed E-state index contributed by atoms with van der Waals surface area (Å²) in [7, 11) is 0. The molecule has 3 aromatic carbocycles. The molecule has 0 fully saturated rings. The molecular formula is C24H18ClNO4. The third-order valence-corrected chi connectivity index (χ3v) is 5.26. The largest absolute Gasteiger partial charge is 0.457 e. The summed E-state index contributed by atoms with van der Waals surface area (Å²) in [4.78, 5) is 39.5. The first-order valence-electron chi connectivity index (χ1n) is 9.37. The number of fused-ring (bicyclic) bond motifs is 1. The molecule has 0 bridgehead atoms. The van der Waals surface area contributed by atoms with Gasteiger partial charge in [-0.05, 0) is 66.9 Å². The molecule has 0 unspecified atom stereocenters. The Kier molecular flexibility index (Phi) is 5.14. The minimum absolute atomic E-state index is 0.0780. The van der Waals surface area contributed by atoms with Crippen molar-refractivity contribution in [1.82, 2.24) is 0 Å². The van der Waals surface area contributed by atoms with Crippen molar-refractivity contribution in [2.24, 2.45) is 0 Å². The van der Waals surface area contributed by atoms with Crippen molar-refractivity contribution in [1.29, 1.82) is 0 Å². The maximum atomic E-state index is 13.0. The molecule has 150 valence electrons. The lowest BCUT2D eigenvalue weighted by molar-refractivity contribution is 0.0472. The molecule has 0 aromatic heterocycles. The first-order valence-corrected chi connectivity index (χ1v) is 9.74. The summed E-state index contributed by atoms with van der Waals surface area (Å²) >= 11 is 5.85.